The second-order valence-electron chi connectivity index (χ2n) is 9.10. The number of hydrogen-bond acceptors (Lipinski definition) is 3. The Morgan fingerprint density at radius 3 is 2.27 bits per heavy atom. The van der Waals surface area contributed by atoms with Crippen LogP contribution in [-0.4, -0.2) is 30.5 Å². The normalized spacial score (nSPS) is 18.0. The molecule has 4 rings (SSSR count). The number of nitrogens with zero attached hydrogens (tertiary/aromatic N) is 1. The maximum absolute atomic E-state index is 14.2. The molecule has 1 heterocycles. The summed E-state index contributed by atoms with van der Waals surface area (Å²) in [6, 6.07) is 10.7. The Kier molecular flexibility index (Phi) is 8.05. The molecule has 0 bridgehead atoms. The summed E-state index contributed by atoms with van der Waals surface area (Å²) in [4.78, 5) is 17.3. The number of amides is 1. The Labute approximate surface area is 231 Å². The third kappa shape index (κ3) is 6.61. The second kappa shape index (κ2) is 10.9. The van der Waals surface area contributed by atoms with Crippen molar-refractivity contribution in [2.75, 3.05) is 6.54 Å². The van der Waals surface area contributed by atoms with E-state index >= 15 is 0 Å². The molecule has 0 aromatic heterocycles. The Hall–Kier alpha value is -3.74. The van der Waals surface area contributed by atoms with Crippen molar-refractivity contribution in [2.45, 2.75) is 37.0 Å². The number of carbonyl (C=O) groups is 1. The molecule has 218 valence electrons. The Morgan fingerprint density at radius 1 is 0.951 bits per heavy atom. The zero-order valence-corrected chi connectivity index (χ0v) is 21.3. The molecule has 14 heteroatoms. The van der Waals surface area contributed by atoms with Crippen molar-refractivity contribution in [3.63, 3.8) is 0 Å². The van der Waals surface area contributed by atoms with E-state index in [4.69, 9.17) is 16.4 Å². The molecule has 1 aliphatic rings. The van der Waals surface area contributed by atoms with E-state index in [0.29, 0.717) is 28.5 Å². The van der Waals surface area contributed by atoms with E-state index in [0.717, 1.165) is 6.07 Å². The summed E-state index contributed by atoms with van der Waals surface area (Å²) >= 11 is 5.71. The quantitative estimate of drug-likeness (QED) is 0.286. The minimum absolute atomic E-state index is 0.0824. The molecule has 4 nitrogen and oxygen atoms in total. The van der Waals surface area contributed by atoms with Gasteiger partial charge in [0, 0.05) is 29.1 Å². The molecule has 0 radical (unpaired) electrons. The zero-order valence-electron chi connectivity index (χ0n) is 20.5. The lowest BCUT2D eigenvalue weighted by Crippen LogP contribution is -2.42. The molecule has 3 aromatic rings. The van der Waals surface area contributed by atoms with Gasteiger partial charge in [-0.2, -0.15) is 39.5 Å². The first-order valence-corrected chi connectivity index (χ1v) is 12.1. The van der Waals surface area contributed by atoms with Gasteiger partial charge in [-0.05, 0) is 46.7 Å². The number of rotatable bonds is 6. The minimum atomic E-state index is -5.17. The average molecular weight is 609 g/mol. The molecule has 1 amide bonds. The van der Waals surface area contributed by atoms with Gasteiger partial charge >= 0.3 is 18.5 Å². The first-order chi connectivity index (χ1) is 19.0. The summed E-state index contributed by atoms with van der Waals surface area (Å²) in [5.74, 6) is -0.746. The number of alkyl halides is 9. The van der Waals surface area contributed by atoms with E-state index in [-0.39, 0.29) is 11.3 Å². The summed E-state index contributed by atoms with van der Waals surface area (Å²) in [5.41, 5.74) is -5.22. The first-order valence-electron chi connectivity index (χ1n) is 11.7. The number of nitrogens with one attached hydrogen (secondary N) is 1. The third-order valence-corrected chi connectivity index (χ3v) is 6.47. The van der Waals surface area contributed by atoms with Gasteiger partial charge < -0.3 is 10.2 Å². The lowest BCUT2D eigenvalue weighted by Gasteiger charge is -2.30. The fraction of sp³-hybridized carbons (Fsp3) is 0.259. The number of fused-ring (bicyclic) bond motifs is 1. The molecule has 0 saturated heterocycles. The zero-order chi connectivity index (χ0) is 30.2. The molecule has 1 unspecified atom stereocenters. The van der Waals surface area contributed by atoms with Crippen molar-refractivity contribution >= 4 is 40.1 Å². The van der Waals surface area contributed by atoms with Gasteiger partial charge in [0.2, 0.25) is 0 Å². The maximum atomic E-state index is 14.2. The second-order valence-corrected chi connectivity index (χ2v) is 9.54. The van der Waals surface area contributed by atoms with Gasteiger partial charge in [0.05, 0.1) is 17.7 Å². The monoisotopic (exact) mass is 608 g/mol. The number of allylic oxidation sites excluding steroid dienone is 1. The van der Waals surface area contributed by atoms with Crippen molar-refractivity contribution in [1.82, 2.24) is 5.32 Å². The topological polar surface area (TPSA) is 50.7 Å². The van der Waals surface area contributed by atoms with Crippen LogP contribution in [-0.2, 0) is 16.6 Å². The largest absolute Gasteiger partial charge is 0.435 e. The molecule has 3 aromatic carbocycles. The number of benzene rings is 3. The predicted octanol–water partition coefficient (Wildman–Crippen LogP) is 8.44. The Bertz CT molecular complexity index is 1530. The Balaban J connectivity index is 1.62. The Morgan fingerprint density at radius 2 is 1.63 bits per heavy atom. The highest BCUT2D eigenvalue weighted by molar-refractivity contribution is 6.30. The van der Waals surface area contributed by atoms with Crippen LogP contribution in [0.25, 0.3) is 16.8 Å². The SMILES string of the molecule is O=C(NCCC(F)(F)F)c1ccc(C=CC2=NOC(c3cc(Cl)cc(C(F)(F)F)c3)(C(F)(F)F)C2)c2ccccc12. The van der Waals surface area contributed by atoms with Gasteiger partial charge in [0.1, 0.15) is 0 Å². The summed E-state index contributed by atoms with van der Waals surface area (Å²) in [6.45, 7) is -0.629. The highest BCUT2D eigenvalue weighted by Gasteiger charge is 2.62. The van der Waals surface area contributed by atoms with E-state index < -0.39 is 65.6 Å². The van der Waals surface area contributed by atoms with Gasteiger partial charge in [0.15, 0.2) is 0 Å². The molecule has 0 fully saturated rings. The van der Waals surface area contributed by atoms with Crippen LogP contribution >= 0.6 is 11.6 Å². The van der Waals surface area contributed by atoms with Crippen LogP contribution in [0.3, 0.4) is 0 Å². The van der Waals surface area contributed by atoms with E-state index in [9.17, 15) is 44.3 Å². The molecular weight excluding hydrogens is 591 g/mol. The van der Waals surface area contributed by atoms with E-state index in [2.05, 4.69) is 10.5 Å². The fourth-order valence-corrected chi connectivity index (χ4v) is 4.50. The number of hydrogen-bond donors (Lipinski definition) is 1. The molecule has 0 aliphatic carbocycles. The number of halogens is 10. The molecular formula is C27H18ClF9N2O2. The van der Waals surface area contributed by atoms with Crippen LogP contribution in [0, 0.1) is 0 Å². The fourth-order valence-electron chi connectivity index (χ4n) is 4.27. The molecule has 0 spiro atoms. The number of carbonyl (C=O) groups excluding carboxylic acids is 1. The summed E-state index contributed by atoms with van der Waals surface area (Å²) in [6.07, 6.45) is -14.2. The molecule has 1 aliphatic heterocycles. The predicted molar refractivity (Wildman–Crippen MR) is 133 cm³/mol. The van der Waals surface area contributed by atoms with Gasteiger partial charge in [-0.3, -0.25) is 4.79 Å². The summed E-state index contributed by atoms with van der Waals surface area (Å²) in [5, 5.41) is 5.93. The molecule has 41 heavy (non-hydrogen) atoms. The van der Waals surface area contributed by atoms with Crippen LogP contribution < -0.4 is 5.32 Å². The van der Waals surface area contributed by atoms with Crippen LogP contribution in [0.4, 0.5) is 39.5 Å². The van der Waals surface area contributed by atoms with E-state index in [1.165, 1.54) is 24.3 Å². The van der Waals surface area contributed by atoms with Crippen molar-refractivity contribution in [2.24, 2.45) is 5.16 Å². The van der Waals surface area contributed by atoms with Crippen molar-refractivity contribution in [3.8, 4) is 0 Å². The average Bonchev–Trinajstić information content (AvgIpc) is 3.31. The summed E-state index contributed by atoms with van der Waals surface area (Å²) in [7, 11) is 0. The van der Waals surface area contributed by atoms with Gasteiger partial charge in [-0.1, -0.05) is 53.2 Å². The highest BCUT2D eigenvalue weighted by Crippen LogP contribution is 2.49. The standard InChI is InChI=1S/C27H18ClF9N2O2/c28-18-12-16(11-17(13-18)26(32,33)34)24(27(35,36)37)14-19(39-41-24)7-5-15-6-8-22(21-4-2-1-3-20(15)21)23(40)38-10-9-25(29,30)31/h1-8,11-13H,9-10,14H2,(H,38,40). The van der Waals surface area contributed by atoms with Crippen molar-refractivity contribution in [1.29, 1.82) is 0 Å². The lowest BCUT2D eigenvalue weighted by atomic mass is 9.87. The van der Waals surface area contributed by atoms with Crippen molar-refractivity contribution in [3.05, 3.63) is 87.9 Å². The summed E-state index contributed by atoms with van der Waals surface area (Å²) < 4.78 is 120. The smallest absolute Gasteiger partial charge is 0.374 e. The van der Waals surface area contributed by atoms with Gasteiger partial charge in [-0.15, -0.1) is 0 Å². The number of oxime groups is 1. The lowest BCUT2D eigenvalue weighted by molar-refractivity contribution is -0.276. The minimum Gasteiger partial charge on any atom is -0.374 e. The van der Waals surface area contributed by atoms with Crippen LogP contribution in [0.15, 0.2) is 65.8 Å². The van der Waals surface area contributed by atoms with E-state index in [1.807, 2.05) is 0 Å². The first kappa shape index (κ1) is 30.2. The van der Waals surface area contributed by atoms with Crippen LogP contribution in [0.2, 0.25) is 5.02 Å². The third-order valence-electron chi connectivity index (χ3n) is 6.25. The van der Waals surface area contributed by atoms with Gasteiger partial charge in [-0.25, -0.2) is 0 Å². The molecule has 1 N–H and O–H groups in total. The van der Waals surface area contributed by atoms with Crippen molar-refractivity contribution < 1.29 is 49.1 Å². The van der Waals surface area contributed by atoms with Gasteiger partial charge in [0.25, 0.3) is 11.5 Å². The van der Waals surface area contributed by atoms with E-state index in [1.54, 1.807) is 24.3 Å². The highest BCUT2D eigenvalue weighted by atomic mass is 35.5. The molecule has 1 atom stereocenters. The van der Waals surface area contributed by atoms with Crippen LogP contribution in [0.1, 0.15) is 39.9 Å². The molecule has 0 saturated carbocycles. The maximum Gasteiger partial charge on any atom is 0.435 e. The van der Waals surface area contributed by atoms with Crippen LogP contribution in [0.5, 0.6) is 0 Å².